The first-order valence-electron chi connectivity index (χ1n) is 8.25. The van der Waals surface area contributed by atoms with E-state index in [0.29, 0.717) is 28.1 Å². The van der Waals surface area contributed by atoms with Crippen molar-refractivity contribution in [2.75, 3.05) is 6.61 Å². The Hall–Kier alpha value is -3.60. The molecule has 0 radical (unpaired) electrons. The average molecular weight is 367 g/mol. The summed E-state index contributed by atoms with van der Waals surface area (Å²) in [4.78, 5) is 27.2. The van der Waals surface area contributed by atoms with Crippen molar-refractivity contribution in [2.24, 2.45) is 0 Å². The number of nitriles is 1. The van der Waals surface area contributed by atoms with Gasteiger partial charge in [-0.05, 0) is 56.2 Å². The van der Waals surface area contributed by atoms with Crippen LogP contribution in [0.25, 0.3) is 5.70 Å². The van der Waals surface area contributed by atoms with Crippen LogP contribution in [0.15, 0.2) is 47.4 Å². The summed E-state index contributed by atoms with van der Waals surface area (Å²) in [5, 5.41) is 18.5. The maximum atomic E-state index is 12.7. The highest BCUT2D eigenvalue weighted by Gasteiger charge is 2.28. The zero-order chi connectivity index (χ0) is 19.6. The van der Waals surface area contributed by atoms with E-state index in [-0.39, 0.29) is 18.6 Å². The minimum absolute atomic E-state index is 0.117. The van der Waals surface area contributed by atoms with E-state index in [1.807, 2.05) is 19.9 Å². The van der Waals surface area contributed by atoms with Gasteiger partial charge < -0.3 is 9.57 Å². The summed E-state index contributed by atoms with van der Waals surface area (Å²) in [5.74, 6) is 0.590. The SMILES string of the molecule is CC1(C)C=C(n2ccc(CCO[N+](=O)[O-])cc2=O)c2cc(C#N)ccc2O1. The van der Waals surface area contributed by atoms with Gasteiger partial charge in [0.15, 0.2) is 0 Å². The summed E-state index contributed by atoms with van der Waals surface area (Å²) < 4.78 is 7.40. The van der Waals surface area contributed by atoms with E-state index < -0.39 is 10.7 Å². The molecule has 1 aromatic carbocycles. The number of aromatic nitrogens is 1. The zero-order valence-corrected chi connectivity index (χ0v) is 14.8. The van der Waals surface area contributed by atoms with Crippen molar-refractivity contribution in [1.82, 2.24) is 4.57 Å². The molecular weight excluding hydrogens is 350 g/mol. The number of rotatable bonds is 5. The first-order valence-corrected chi connectivity index (χ1v) is 8.25. The van der Waals surface area contributed by atoms with Gasteiger partial charge in [-0.1, -0.05) is 0 Å². The van der Waals surface area contributed by atoms with Gasteiger partial charge in [0.25, 0.3) is 10.6 Å². The molecule has 0 saturated carbocycles. The summed E-state index contributed by atoms with van der Waals surface area (Å²) in [6, 6.07) is 10.3. The molecule has 27 heavy (non-hydrogen) atoms. The van der Waals surface area contributed by atoms with Crippen LogP contribution >= 0.6 is 0 Å². The molecule has 0 aliphatic carbocycles. The summed E-state index contributed by atoms with van der Waals surface area (Å²) in [6.45, 7) is 3.64. The Kier molecular flexibility index (Phi) is 4.69. The normalized spacial score (nSPS) is 14.3. The third-order valence-electron chi connectivity index (χ3n) is 4.07. The van der Waals surface area contributed by atoms with Gasteiger partial charge >= 0.3 is 0 Å². The second kappa shape index (κ2) is 6.96. The monoisotopic (exact) mass is 367 g/mol. The molecule has 0 saturated heterocycles. The second-order valence-electron chi connectivity index (χ2n) is 6.61. The molecular formula is C19H17N3O5. The van der Waals surface area contributed by atoms with E-state index in [2.05, 4.69) is 10.9 Å². The maximum Gasteiger partial charge on any atom is 0.294 e. The minimum Gasteiger partial charge on any atom is -0.483 e. The Bertz CT molecular complexity index is 1030. The first-order chi connectivity index (χ1) is 12.8. The van der Waals surface area contributed by atoms with Gasteiger partial charge in [-0.15, -0.1) is 10.1 Å². The largest absolute Gasteiger partial charge is 0.483 e. The van der Waals surface area contributed by atoms with Gasteiger partial charge in [0.05, 0.1) is 17.3 Å². The molecule has 1 aliphatic heterocycles. The van der Waals surface area contributed by atoms with Gasteiger partial charge in [0.1, 0.15) is 18.0 Å². The summed E-state index contributed by atoms with van der Waals surface area (Å²) in [7, 11) is 0. The average Bonchev–Trinajstić information content (AvgIpc) is 2.60. The van der Waals surface area contributed by atoms with Crippen molar-refractivity contribution < 1.29 is 14.7 Å². The highest BCUT2D eigenvalue weighted by atomic mass is 16.9. The van der Waals surface area contributed by atoms with E-state index in [4.69, 9.17) is 4.74 Å². The van der Waals surface area contributed by atoms with Gasteiger partial charge in [-0.25, -0.2) is 0 Å². The fraction of sp³-hybridized carbons (Fsp3) is 0.263. The Labute approximate surface area is 155 Å². The van der Waals surface area contributed by atoms with E-state index >= 15 is 0 Å². The number of hydrogen-bond donors (Lipinski definition) is 0. The zero-order valence-electron chi connectivity index (χ0n) is 14.8. The Morgan fingerprint density at radius 3 is 2.78 bits per heavy atom. The van der Waals surface area contributed by atoms with Crippen LogP contribution in [-0.4, -0.2) is 21.9 Å². The molecule has 0 atom stereocenters. The van der Waals surface area contributed by atoms with Crippen LogP contribution < -0.4 is 10.3 Å². The van der Waals surface area contributed by atoms with E-state index in [1.165, 1.54) is 10.6 Å². The lowest BCUT2D eigenvalue weighted by atomic mass is 9.97. The molecule has 1 aromatic heterocycles. The molecule has 3 rings (SSSR count). The Balaban J connectivity index is 2.00. The summed E-state index contributed by atoms with van der Waals surface area (Å²) in [5.41, 5.74) is 1.46. The van der Waals surface area contributed by atoms with Crippen molar-refractivity contribution in [3.63, 3.8) is 0 Å². The van der Waals surface area contributed by atoms with Crippen LogP contribution in [0.1, 0.15) is 30.5 Å². The van der Waals surface area contributed by atoms with Crippen LogP contribution in [0.5, 0.6) is 5.75 Å². The topological polar surface area (TPSA) is 107 Å². The van der Waals surface area contributed by atoms with Crippen molar-refractivity contribution in [1.29, 1.82) is 5.26 Å². The van der Waals surface area contributed by atoms with E-state index in [1.54, 1.807) is 30.5 Å². The minimum atomic E-state index is -0.861. The number of pyridine rings is 1. The highest BCUT2D eigenvalue weighted by Crippen LogP contribution is 2.36. The number of benzene rings is 1. The van der Waals surface area contributed by atoms with E-state index in [0.717, 1.165) is 0 Å². The fourth-order valence-corrected chi connectivity index (χ4v) is 2.92. The first kappa shape index (κ1) is 18.2. The fourth-order valence-electron chi connectivity index (χ4n) is 2.92. The lowest BCUT2D eigenvalue weighted by molar-refractivity contribution is -0.757. The molecule has 0 amide bonds. The maximum absolute atomic E-state index is 12.7. The van der Waals surface area contributed by atoms with Gasteiger partial charge in [0, 0.05) is 17.8 Å². The number of nitrogens with zero attached hydrogens (tertiary/aromatic N) is 3. The molecule has 0 N–H and O–H groups in total. The molecule has 0 unspecified atom stereocenters. The highest BCUT2D eigenvalue weighted by molar-refractivity contribution is 5.74. The Morgan fingerprint density at radius 2 is 2.11 bits per heavy atom. The number of fused-ring (bicyclic) bond motifs is 1. The Morgan fingerprint density at radius 1 is 1.33 bits per heavy atom. The van der Waals surface area contributed by atoms with E-state index in [9.17, 15) is 20.2 Å². The molecule has 138 valence electrons. The van der Waals surface area contributed by atoms with Crippen LogP contribution in [0.2, 0.25) is 0 Å². The molecule has 8 heteroatoms. The predicted molar refractivity (Wildman–Crippen MR) is 96.6 cm³/mol. The van der Waals surface area contributed by atoms with Gasteiger partial charge in [0.2, 0.25) is 0 Å². The number of hydrogen-bond acceptors (Lipinski definition) is 6. The van der Waals surface area contributed by atoms with Crippen molar-refractivity contribution in [3.05, 3.63) is 79.8 Å². The second-order valence-corrected chi connectivity index (χ2v) is 6.61. The number of ether oxygens (including phenoxy) is 1. The van der Waals surface area contributed by atoms with Crippen LogP contribution in [-0.2, 0) is 11.3 Å². The third kappa shape index (κ3) is 3.98. The van der Waals surface area contributed by atoms with Crippen LogP contribution in [0.3, 0.4) is 0 Å². The third-order valence-corrected chi connectivity index (χ3v) is 4.07. The quantitative estimate of drug-likeness (QED) is 0.594. The van der Waals surface area contributed by atoms with Gasteiger partial charge in [-0.2, -0.15) is 5.26 Å². The van der Waals surface area contributed by atoms with Crippen LogP contribution in [0.4, 0.5) is 0 Å². The lowest BCUT2D eigenvalue weighted by Gasteiger charge is -2.31. The van der Waals surface area contributed by atoms with Crippen LogP contribution in [0, 0.1) is 21.4 Å². The standard InChI is InChI=1S/C19H17N3O5/c1-19(2)11-16(15-9-14(12-20)3-4-17(15)27-19)21-7-5-13(10-18(21)23)6-8-26-22(24)25/h3-5,7,9-11H,6,8H2,1-2H3. The lowest BCUT2D eigenvalue weighted by Crippen LogP contribution is -2.32. The van der Waals surface area contributed by atoms with Crippen molar-refractivity contribution >= 4 is 5.70 Å². The summed E-state index contributed by atoms with van der Waals surface area (Å²) >= 11 is 0. The molecule has 1 aliphatic rings. The smallest absolute Gasteiger partial charge is 0.294 e. The van der Waals surface area contributed by atoms with Crippen molar-refractivity contribution in [2.45, 2.75) is 25.9 Å². The molecule has 0 fully saturated rings. The predicted octanol–water partition coefficient (Wildman–Crippen LogP) is 2.53. The van der Waals surface area contributed by atoms with Crippen molar-refractivity contribution in [3.8, 4) is 11.8 Å². The molecule has 2 aromatic rings. The molecule has 0 bridgehead atoms. The summed E-state index contributed by atoms with van der Waals surface area (Å²) in [6.07, 6.45) is 3.69. The molecule has 0 spiro atoms. The van der Waals surface area contributed by atoms with Gasteiger partial charge in [-0.3, -0.25) is 9.36 Å². The molecule has 2 heterocycles. The molecule has 8 nitrogen and oxygen atoms in total.